The van der Waals surface area contributed by atoms with Crippen molar-refractivity contribution in [1.29, 1.82) is 0 Å². The van der Waals surface area contributed by atoms with E-state index in [1.807, 2.05) is 6.21 Å². The van der Waals surface area contributed by atoms with Crippen LogP contribution in [0.25, 0.3) is 0 Å². The highest BCUT2D eigenvalue weighted by Crippen LogP contribution is 2.70. The van der Waals surface area contributed by atoms with Gasteiger partial charge < -0.3 is 34.6 Å². The summed E-state index contributed by atoms with van der Waals surface area (Å²) in [6, 6.07) is 0. The lowest BCUT2D eigenvalue weighted by atomic mass is 9.41. The predicted molar refractivity (Wildman–Crippen MR) is 151 cm³/mol. The van der Waals surface area contributed by atoms with E-state index in [-0.39, 0.29) is 41.7 Å². The Morgan fingerprint density at radius 1 is 1.12 bits per heavy atom. The van der Waals surface area contributed by atoms with Crippen molar-refractivity contribution in [2.24, 2.45) is 33.6 Å². The molecule has 5 fully saturated rings. The summed E-state index contributed by atoms with van der Waals surface area (Å²) in [5.41, 5.74) is -1.91. The third kappa shape index (κ3) is 4.49. The molecule has 12 atom stereocenters. The molecule has 9 heteroatoms. The summed E-state index contributed by atoms with van der Waals surface area (Å²) < 4.78 is 17.4. The van der Waals surface area contributed by atoms with E-state index < -0.39 is 41.2 Å². The first-order valence-corrected chi connectivity index (χ1v) is 15.6. The topological polar surface area (TPSA) is 138 Å². The Morgan fingerprint density at radius 2 is 1.90 bits per heavy atom. The van der Waals surface area contributed by atoms with Crippen molar-refractivity contribution in [3.8, 4) is 0 Å². The van der Waals surface area contributed by atoms with Gasteiger partial charge in [-0.05, 0) is 81.6 Å². The molecular weight excluding hydrogens is 526 g/mol. The molecule has 0 bridgehead atoms. The average Bonchev–Trinajstić information content (AvgIpc) is 3.47. The van der Waals surface area contributed by atoms with Gasteiger partial charge in [-0.3, -0.25) is 4.99 Å². The van der Waals surface area contributed by atoms with E-state index in [0.717, 1.165) is 24.8 Å². The molecule has 4 N–H and O–H groups in total. The highest BCUT2D eigenvalue weighted by Gasteiger charge is 2.71. The van der Waals surface area contributed by atoms with Gasteiger partial charge in [0, 0.05) is 36.0 Å². The van der Waals surface area contributed by atoms with Gasteiger partial charge in [0.05, 0.1) is 36.1 Å². The molecule has 6 rings (SSSR count). The van der Waals surface area contributed by atoms with E-state index in [0.29, 0.717) is 51.7 Å². The Hall–Kier alpha value is -1.62. The number of hydrogen-bond donors (Lipinski definition) is 4. The van der Waals surface area contributed by atoms with E-state index in [2.05, 4.69) is 13.5 Å². The number of aliphatic hydroxyl groups excluding tert-OH is 2. The lowest BCUT2D eigenvalue weighted by molar-refractivity contribution is -0.282. The van der Waals surface area contributed by atoms with Crippen LogP contribution in [0.2, 0.25) is 0 Å². The highest BCUT2D eigenvalue weighted by molar-refractivity contribution is 5.85. The van der Waals surface area contributed by atoms with Crippen LogP contribution in [0.5, 0.6) is 0 Å². The van der Waals surface area contributed by atoms with Gasteiger partial charge in [0.15, 0.2) is 6.29 Å². The van der Waals surface area contributed by atoms with E-state index in [1.54, 1.807) is 19.1 Å². The number of ether oxygens (including phenoxy) is 3. The monoisotopic (exact) mass is 573 g/mol. The molecule has 2 aliphatic heterocycles. The maximum absolute atomic E-state index is 12.6. The second-order valence-electron chi connectivity index (χ2n) is 14.0. The molecule has 0 amide bonds. The summed E-state index contributed by atoms with van der Waals surface area (Å²) in [6.07, 6.45) is 8.52. The van der Waals surface area contributed by atoms with Crippen LogP contribution in [0.15, 0.2) is 29.3 Å². The first-order chi connectivity index (χ1) is 19.5. The Labute approximate surface area is 242 Å². The molecule has 0 aromatic carbocycles. The van der Waals surface area contributed by atoms with Gasteiger partial charge in [-0.2, -0.15) is 0 Å². The van der Waals surface area contributed by atoms with Crippen molar-refractivity contribution < 1.29 is 39.4 Å². The van der Waals surface area contributed by atoms with Crippen molar-refractivity contribution in [1.82, 2.24) is 0 Å². The predicted octanol–water partition coefficient (Wildman–Crippen LogP) is 2.84. The fourth-order valence-corrected chi connectivity index (χ4v) is 10.1. The molecule has 4 aliphatic carbocycles. The molecule has 0 aromatic rings. The van der Waals surface area contributed by atoms with E-state index in [1.165, 1.54) is 0 Å². The Balaban J connectivity index is 1.26. The summed E-state index contributed by atoms with van der Waals surface area (Å²) in [4.78, 5) is 16.6. The molecule has 0 spiro atoms. The standard InChI is InChI=1S/C32H47NO8/c1-4-13-33-18-30-10-5-21(41-27-15-25(34)28(36)19(2)40-27)16-31(30,37)11-7-24-23(30)6-9-29(3)22(8-12-32(24,29)38)20-14-26(35)39-17-20/h4,14,18-19,21-25,27-28,34,36-38H,1,5-13,15-17H2,2-3H3/t19-,21-,22-,23-,24+,25-,27+,28+,29+,30-,31+,32-/m0/s1. The van der Waals surface area contributed by atoms with Crippen LogP contribution in [0.1, 0.15) is 78.1 Å². The number of nitrogens with zero attached hydrogens (tertiary/aromatic N) is 1. The molecule has 4 saturated carbocycles. The van der Waals surface area contributed by atoms with Crippen LogP contribution in [-0.4, -0.2) is 87.7 Å². The summed E-state index contributed by atoms with van der Waals surface area (Å²) in [6.45, 7) is 8.54. The molecule has 0 radical (unpaired) electrons. The maximum Gasteiger partial charge on any atom is 0.331 e. The smallest absolute Gasteiger partial charge is 0.331 e. The third-order valence-electron chi connectivity index (χ3n) is 12.2. The normalized spacial score (nSPS) is 51.5. The number of rotatable bonds is 6. The number of carbonyl (C=O) groups excluding carboxylic acids is 1. The minimum Gasteiger partial charge on any atom is -0.458 e. The van der Waals surface area contributed by atoms with E-state index in [4.69, 9.17) is 19.2 Å². The number of carbonyl (C=O) groups is 1. The summed E-state index contributed by atoms with van der Waals surface area (Å²) >= 11 is 0. The number of aliphatic imine (C=N–C) groups is 1. The van der Waals surface area contributed by atoms with Gasteiger partial charge in [0.25, 0.3) is 0 Å². The second kappa shape index (κ2) is 10.5. The maximum atomic E-state index is 12.6. The van der Waals surface area contributed by atoms with Crippen molar-refractivity contribution >= 4 is 12.2 Å². The third-order valence-corrected chi connectivity index (χ3v) is 12.2. The lowest BCUT2D eigenvalue weighted by Gasteiger charge is -2.66. The summed E-state index contributed by atoms with van der Waals surface area (Å²) in [5, 5.41) is 45.4. The average molecular weight is 574 g/mol. The van der Waals surface area contributed by atoms with Gasteiger partial charge in [0.2, 0.25) is 0 Å². The molecule has 6 aliphatic rings. The van der Waals surface area contributed by atoms with E-state index >= 15 is 0 Å². The van der Waals surface area contributed by atoms with Crippen LogP contribution in [-0.2, 0) is 19.0 Å². The molecule has 1 saturated heterocycles. The summed E-state index contributed by atoms with van der Waals surface area (Å²) in [5.74, 6) is -0.101. The quantitative estimate of drug-likeness (QED) is 0.165. The van der Waals surface area contributed by atoms with Crippen LogP contribution >= 0.6 is 0 Å². The first-order valence-electron chi connectivity index (χ1n) is 15.6. The fraction of sp³-hybridized carbons (Fsp3) is 0.812. The first kappa shape index (κ1) is 29.5. The second-order valence-corrected chi connectivity index (χ2v) is 14.0. The van der Waals surface area contributed by atoms with Crippen LogP contribution in [0, 0.1) is 28.6 Å². The SMILES string of the molecule is C=CCN=C[C@]12CC[C@H](O[C@@H]3C[C@H](O)[C@H](O)[C@H](C)O3)C[C@]1(O)CC[C@@H]1[C@@H]2CC[C@]2(C)[C@H](C3=CC(=O)OC3)CC[C@]12O. The van der Waals surface area contributed by atoms with Crippen molar-refractivity contribution in [2.75, 3.05) is 13.2 Å². The minimum absolute atomic E-state index is 0.0111. The number of cyclic esters (lactones) is 1. The molecule has 2 heterocycles. The molecule has 9 nitrogen and oxygen atoms in total. The van der Waals surface area contributed by atoms with Crippen molar-refractivity contribution in [3.05, 3.63) is 24.3 Å². The zero-order valence-electron chi connectivity index (χ0n) is 24.4. The zero-order valence-corrected chi connectivity index (χ0v) is 24.4. The van der Waals surface area contributed by atoms with Gasteiger partial charge in [-0.25, -0.2) is 4.79 Å². The van der Waals surface area contributed by atoms with Gasteiger partial charge >= 0.3 is 5.97 Å². The Bertz CT molecular complexity index is 1100. The highest BCUT2D eigenvalue weighted by atomic mass is 16.7. The molecule has 0 aromatic heterocycles. The Kier molecular flexibility index (Phi) is 7.56. The molecule has 228 valence electrons. The number of esters is 1. The molecule has 0 unspecified atom stereocenters. The zero-order chi connectivity index (χ0) is 29.2. The summed E-state index contributed by atoms with van der Waals surface area (Å²) in [7, 11) is 0. The van der Waals surface area contributed by atoms with Crippen LogP contribution < -0.4 is 0 Å². The van der Waals surface area contributed by atoms with E-state index in [9.17, 15) is 25.2 Å². The number of hydrogen-bond acceptors (Lipinski definition) is 9. The molecular formula is C32H47NO8. The number of fused-ring (bicyclic) bond motifs is 5. The van der Waals surface area contributed by atoms with Crippen molar-refractivity contribution in [2.45, 2.75) is 120 Å². The van der Waals surface area contributed by atoms with Crippen molar-refractivity contribution in [3.63, 3.8) is 0 Å². The minimum atomic E-state index is -1.06. The largest absolute Gasteiger partial charge is 0.458 e. The van der Waals surface area contributed by atoms with Crippen LogP contribution in [0.4, 0.5) is 0 Å². The van der Waals surface area contributed by atoms with Gasteiger partial charge in [-0.1, -0.05) is 13.0 Å². The molecule has 41 heavy (non-hydrogen) atoms. The van der Waals surface area contributed by atoms with Crippen LogP contribution in [0.3, 0.4) is 0 Å². The number of aliphatic hydroxyl groups is 4. The fourth-order valence-electron chi connectivity index (χ4n) is 10.1. The lowest BCUT2D eigenvalue weighted by Crippen LogP contribution is -2.69. The van der Waals surface area contributed by atoms with Gasteiger partial charge in [-0.15, -0.1) is 6.58 Å². The van der Waals surface area contributed by atoms with Gasteiger partial charge in [0.1, 0.15) is 12.7 Å². The Morgan fingerprint density at radius 3 is 2.61 bits per heavy atom.